The van der Waals surface area contributed by atoms with E-state index in [4.69, 9.17) is 4.74 Å². The average molecular weight is 240 g/mol. The smallest absolute Gasteiger partial charge is 0.309 e. The summed E-state index contributed by atoms with van der Waals surface area (Å²) in [7, 11) is 0. The van der Waals surface area contributed by atoms with Crippen LogP contribution >= 0.6 is 0 Å². The predicted octanol–water partition coefficient (Wildman–Crippen LogP) is 3.59. The minimum absolute atomic E-state index is 0.0247. The van der Waals surface area contributed by atoms with Crippen molar-refractivity contribution in [2.45, 2.75) is 19.8 Å². The molecular weight excluding hydrogens is 226 g/mol. The Morgan fingerprint density at radius 2 is 2.24 bits per heavy atom. The van der Waals surface area contributed by atoms with Gasteiger partial charge in [0.25, 0.3) is 6.43 Å². The Morgan fingerprint density at radius 1 is 1.47 bits per heavy atom. The molecule has 1 aromatic rings. The monoisotopic (exact) mass is 240 g/mol. The molecule has 0 spiro atoms. The molecule has 0 N–H and O–H groups in total. The second-order valence-electron chi connectivity index (χ2n) is 3.38. The predicted molar refractivity (Wildman–Crippen MR) is 61.7 cm³/mol. The number of carbonyl (C=O) groups excluding carboxylic acids is 1. The molecule has 0 aliphatic carbocycles. The minimum Gasteiger partial charge on any atom is -0.466 e. The fourth-order valence-electron chi connectivity index (χ4n) is 1.31. The summed E-state index contributed by atoms with van der Waals surface area (Å²) < 4.78 is 29.5. The summed E-state index contributed by atoms with van der Waals surface area (Å²) in [4.78, 5) is 11.0. The van der Waals surface area contributed by atoms with Gasteiger partial charge in [-0.15, -0.1) is 0 Å². The van der Waals surface area contributed by atoms with E-state index in [0.717, 1.165) is 0 Å². The van der Waals surface area contributed by atoms with Crippen molar-refractivity contribution in [2.24, 2.45) is 0 Å². The number of hydrogen-bond acceptors (Lipinski definition) is 2. The van der Waals surface area contributed by atoms with Crippen LogP contribution < -0.4 is 0 Å². The molecule has 2 nitrogen and oxygen atoms in total. The largest absolute Gasteiger partial charge is 0.466 e. The lowest BCUT2D eigenvalue weighted by Gasteiger charge is -2.00. The van der Waals surface area contributed by atoms with Crippen LogP contribution in [0.4, 0.5) is 8.78 Å². The maximum Gasteiger partial charge on any atom is 0.309 e. The summed E-state index contributed by atoms with van der Waals surface area (Å²) in [6.45, 7) is 2.07. The summed E-state index contributed by atoms with van der Waals surface area (Å²) in [5, 5.41) is 0. The fraction of sp³-hybridized carbons (Fsp3) is 0.308. The van der Waals surface area contributed by atoms with Gasteiger partial charge in [0, 0.05) is 5.56 Å². The van der Waals surface area contributed by atoms with E-state index >= 15 is 0 Å². The van der Waals surface area contributed by atoms with Crippen molar-refractivity contribution < 1.29 is 18.3 Å². The number of hydrogen-bond donors (Lipinski definition) is 0. The third-order valence-electron chi connectivity index (χ3n) is 2.06. The maximum absolute atomic E-state index is 12.4. The zero-order valence-electron chi connectivity index (χ0n) is 9.53. The van der Waals surface area contributed by atoms with E-state index in [1.165, 1.54) is 12.1 Å². The number of ether oxygens (including phenoxy) is 1. The molecule has 4 heteroatoms. The van der Waals surface area contributed by atoms with E-state index in [1.807, 2.05) is 0 Å². The molecule has 0 unspecified atom stereocenters. The first-order chi connectivity index (χ1) is 8.13. The molecule has 0 atom stereocenters. The maximum atomic E-state index is 12.4. The van der Waals surface area contributed by atoms with Crippen LogP contribution in [-0.2, 0) is 9.53 Å². The van der Waals surface area contributed by atoms with Gasteiger partial charge >= 0.3 is 5.97 Å². The van der Waals surface area contributed by atoms with Gasteiger partial charge in [-0.2, -0.15) is 0 Å². The van der Waals surface area contributed by atoms with Gasteiger partial charge in [-0.3, -0.25) is 4.79 Å². The standard InChI is InChI=1S/C13H14F2O2/c1-2-17-12(16)8-4-6-10-5-3-7-11(9-10)13(14)15/h3-7,9,13H,2,8H2,1H3. The van der Waals surface area contributed by atoms with Gasteiger partial charge in [0.1, 0.15) is 0 Å². The molecule has 0 aliphatic heterocycles. The Bertz CT molecular complexity index is 400. The second-order valence-corrected chi connectivity index (χ2v) is 3.38. The Labute approximate surface area is 98.9 Å². The van der Waals surface area contributed by atoms with E-state index in [1.54, 1.807) is 31.2 Å². The van der Waals surface area contributed by atoms with Gasteiger partial charge in [0.2, 0.25) is 0 Å². The number of carbonyl (C=O) groups is 1. The fourth-order valence-corrected chi connectivity index (χ4v) is 1.31. The normalized spacial score (nSPS) is 11.1. The van der Waals surface area contributed by atoms with E-state index in [9.17, 15) is 13.6 Å². The molecule has 17 heavy (non-hydrogen) atoms. The number of esters is 1. The SMILES string of the molecule is CCOC(=O)CC=Cc1cccc(C(F)F)c1. The van der Waals surface area contributed by atoms with E-state index < -0.39 is 6.43 Å². The van der Waals surface area contributed by atoms with Gasteiger partial charge in [-0.1, -0.05) is 30.4 Å². The molecule has 0 bridgehead atoms. The van der Waals surface area contributed by atoms with Gasteiger partial charge in [-0.05, 0) is 18.6 Å². The van der Waals surface area contributed by atoms with Crippen LogP contribution in [0, 0.1) is 0 Å². The zero-order chi connectivity index (χ0) is 12.7. The van der Waals surface area contributed by atoms with Crippen molar-refractivity contribution in [3.05, 3.63) is 41.5 Å². The van der Waals surface area contributed by atoms with Crippen LogP contribution in [-0.4, -0.2) is 12.6 Å². The van der Waals surface area contributed by atoms with Gasteiger partial charge in [0.15, 0.2) is 0 Å². The van der Waals surface area contributed by atoms with Gasteiger partial charge < -0.3 is 4.74 Å². The molecule has 0 radical (unpaired) electrons. The lowest BCUT2D eigenvalue weighted by molar-refractivity contribution is -0.142. The third-order valence-corrected chi connectivity index (χ3v) is 2.06. The van der Waals surface area contributed by atoms with Crippen LogP contribution in [0.25, 0.3) is 6.08 Å². The average Bonchev–Trinajstić information content (AvgIpc) is 2.30. The Balaban J connectivity index is 2.59. The minimum atomic E-state index is -2.48. The molecular formula is C13H14F2O2. The van der Waals surface area contributed by atoms with E-state index in [0.29, 0.717) is 12.2 Å². The number of halogens is 2. The lowest BCUT2D eigenvalue weighted by Crippen LogP contribution is -2.01. The first kappa shape index (κ1) is 13.4. The van der Waals surface area contributed by atoms with Crippen LogP contribution in [0.3, 0.4) is 0 Å². The van der Waals surface area contributed by atoms with Crippen molar-refractivity contribution in [1.82, 2.24) is 0 Å². The van der Waals surface area contributed by atoms with Crippen LogP contribution in [0.1, 0.15) is 30.9 Å². The Kier molecular flexibility index (Phi) is 5.33. The summed E-state index contributed by atoms with van der Waals surface area (Å²) in [6.07, 6.45) is 0.895. The molecule has 1 aromatic carbocycles. The third kappa shape index (κ3) is 4.76. The highest BCUT2D eigenvalue weighted by molar-refractivity contribution is 5.72. The van der Waals surface area contributed by atoms with E-state index in [-0.39, 0.29) is 18.0 Å². The Morgan fingerprint density at radius 3 is 2.88 bits per heavy atom. The van der Waals surface area contributed by atoms with Crippen LogP contribution in [0.5, 0.6) is 0 Å². The molecule has 0 fully saturated rings. The van der Waals surface area contributed by atoms with Crippen molar-refractivity contribution in [2.75, 3.05) is 6.61 Å². The molecule has 0 saturated heterocycles. The van der Waals surface area contributed by atoms with Crippen LogP contribution in [0.2, 0.25) is 0 Å². The Hall–Kier alpha value is -1.71. The second kappa shape index (κ2) is 6.78. The zero-order valence-corrected chi connectivity index (χ0v) is 9.53. The first-order valence-corrected chi connectivity index (χ1v) is 5.33. The van der Waals surface area contributed by atoms with Crippen molar-refractivity contribution in [1.29, 1.82) is 0 Å². The molecule has 0 amide bonds. The van der Waals surface area contributed by atoms with Crippen molar-refractivity contribution >= 4 is 12.0 Å². The lowest BCUT2D eigenvalue weighted by atomic mass is 10.1. The summed E-state index contributed by atoms with van der Waals surface area (Å²) >= 11 is 0. The summed E-state index contributed by atoms with van der Waals surface area (Å²) in [5.41, 5.74) is 0.621. The number of benzene rings is 1. The highest BCUT2D eigenvalue weighted by atomic mass is 19.3. The molecule has 0 saturated carbocycles. The molecule has 1 rings (SSSR count). The van der Waals surface area contributed by atoms with E-state index in [2.05, 4.69) is 0 Å². The summed E-state index contributed by atoms with van der Waals surface area (Å²) in [6, 6.07) is 6.03. The first-order valence-electron chi connectivity index (χ1n) is 5.33. The van der Waals surface area contributed by atoms with Gasteiger partial charge in [0.05, 0.1) is 13.0 Å². The highest BCUT2D eigenvalue weighted by Gasteiger charge is 2.05. The van der Waals surface area contributed by atoms with Crippen LogP contribution in [0.15, 0.2) is 30.3 Å². The van der Waals surface area contributed by atoms with Crippen molar-refractivity contribution in [3.8, 4) is 0 Å². The number of rotatable bonds is 5. The topological polar surface area (TPSA) is 26.3 Å². The summed E-state index contributed by atoms with van der Waals surface area (Å²) in [5.74, 6) is -0.325. The molecule has 0 aromatic heterocycles. The van der Waals surface area contributed by atoms with Crippen molar-refractivity contribution in [3.63, 3.8) is 0 Å². The quantitative estimate of drug-likeness (QED) is 0.735. The molecule has 92 valence electrons. The molecule has 0 aliphatic rings. The number of alkyl halides is 2. The van der Waals surface area contributed by atoms with Gasteiger partial charge in [-0.25, -0.2) is 8.78 Å². The molecule has 0 heterocycles. The highest BCUT2D eigenvalue weighted by Crippen LogP contribution is 2.19.